The van der Waals surface area contributed by atoms with E-state index in [0.717, 1.165) is 6.42 Å². The van der Waals surface area contributed by atoms with Gasteiger partial charge in [-0.1, -0.05) is 6.92 Å². The highest BCUT2D eigenvalue weighted by molar-refractivity contribution is 5.52. The van der Waals surface area contributed by atoms with Gasteiger partial charge in [0, 0.05) is 13.2 Å². The van der Waals surface area contributed by atoms with Gasteiger partial charge >= 0.3 is 0 Å². The fourth-order valence-electron chi connectivity index (χ4n) is 1.73. The van der Waals surface area contributed by atoms with Crippen LogP contribution in [0.5, 0.6) is 0 Å². The smallest absolute Gasteiger partial charge is 0.146 e. The normalized spacial score (nSPS) is 12.4. The lowest BCUT2D eigenvalue weighted by molar-refractivity contribution is 0.184. The molecule has 6 nitrogen and oxygen atoms in total. The van der Waals surface area contributed by atoms with Crippen molar-refractivity contribution in [1.29, 1.82) is 0 Å². The summed E-state index contributed by atoms with van der Waals surface area (Å²) >= 11 is 0. The number of rotatable bonds is 6. The SMILES string of the molecule is CCC(COC)Nc1cc(-n2cnnn2)ccc1F. The Hall–Kier alpha value is -2.02. The van der Waals surface area contributed by atoms with Crippen LogP contribution in [-0.2, 0) is 4.74 Å². The zero-order chi connectivity index (χ0) is 13.7. The summed E-state index contributed by atoms with van der Waals surface area (Å²) in [7, 11) is 1.62. The molecule has 1 atom stereocenters. The molecule has 1 aromatic carbocycles. The number of benzene rings is 1. The molecule has 102 valence electrons. The van der Waals surface area contributed by atoms with E-state index < -0.39 is 0 Å². The maximum absolute atomic E-state index is 13.8. The number of hydrogen-bond acceptors (Lipinski definition) is 5. The largest absolute Gasteiger partial charge is 0.383 e. The Kier molecular flexibility index (Phi) is 4.40. The van der Waals surface area contributed by atoms with Crippen LogP contribution in [0.3, 0.4) is 0 Å². The first-order valence-corrected chi connectivity index (χ1v) is 6.03. The van der Waals surface area contributed by atoms with Gasteiger partial charge in [-0.3, -0.25) is 0 Å². The van der Waals surface area contributed by atoms with E-state index in [1.54, 1.807) is 19.2 Å². The van der Waals surface area contributed by atoms with E-state index >= 15 is 0 Å². The van der Waals surface area contributed by atoms with E-state index in [1.807, 2.05) is 6.92 Å². The van der Waals surface area contributed by atoms with Crippen molar-refractivity contribution >= 4 is 5.69 Å². The van der Waals surface area contributed by atoms with Crippen molar-refractivity contribution in [3.05, 3.63) is 30.3 Å². The van der Waals surface area contributed by atoms with Crippen LogP contribution in [0.1, 0.15) is 13.3 Å². The predicted molar refractivity (Wildman–Crippen MR) is 68.7 cm³/mol. The molecule has 0 fully saturated rings. The summed E-state index contributed by atoms with van der Waals surface area (Å²) in [6, 6.07) is 4.74. The minimum absolute atomic E-state index is 0.0589. The van der Waals surface area contributed by atoms with Gasteiger partial charge in [-0.25, -0.2) is 9.07 Å². The van der Waals surface area contributed by atoms with Gasteiger partial charge < -0.3 is 10.1 Å². The number of nitrogens with zero attached hydrogens (tertiary/aromatic N) is 4. The van der Waals surface area contributed by atoms with E-state index in [1.165, 1.54) is 17.1 Å². The van der Waals surface area contributed by atoms with Crippen LogP contribution in [0, 0.1) is 5.82 Å². The molecule has 7 heteroatoms. The van der Waals surface area contributed by atoms with Crippen LogP contribution in [-0.4, -0.2) is 40.0 Å². The lowest BCUT2D eigenvalue weighted by Crippen LogP contribution is -2.24. The van der Waals surface area contributed by atoms with Crippen LogP contribution >= 0.6 is 0 Å². The fraction of sp³-hybridized carbons (Fsp3) is 0.417. The molecule has 2 rings (SSSR count). The second kappa shape index (κ2) is 6.24. The van der Waals surface area contributed by atoms with Crippen molar-refractivity contribution in [3.8, 4) is 5.69 Å². The molecule has 19 heavy (non-hydrogen) atoms. The van der Waals surface area contributed by atoms with Gasteiger partial charge in [0.1, 0.15) is 12.1 Å². The lowest BCUT2D eigenvalue weighted by atomic mass is 10.2. The molecular weight excluding hydrogens is 249 g/mol. The summed E-state index contributed by atoms with van der Waals surface area (Å²) < 4.78 is 20.3. The Bertz CT molecular complexity index is 517. The first-order chi connectivity index (χ1) is 9.24. The van der Waals surface area contributed by atoms with Crippen molar-refractivity contribution in [2.45, 2.75) is 19.4 Å². The third-order valence-electron chi connectivity index (χ3n) is 2.78. The van der Waals surface area contributed by atoms with Crippen LogP contribution in [0.4, 0.5) is 10.1 Å². The molecule has 1 heterocycles. The van der Waals surface area contributed by atoms with Gasteiger partial charge in [0.15, 0.2) is 0 Å². The van der Waals surface area contributed by atoms with E-state index in [-0.39, 0.29) is 11.9 Å². The Labute approximate surface area is 110 Å². The van der Waals surface area contributed by atoms with E-state index in [4.69, 9.17) is 4.74 Å². The number of nitrogens with one attached hydrogen (secondary N) is 1. The predicted octanol–water partition coefficient (Wildman–Crippen LogP) is 1.64. The third-order valence-corrected chi connectivity index (χ3v) is 2.78. The number of aromatic nitrogens is 4. The molecule has 2 aromatic rings. The molecule has 0 aliphatic carbocycles. The average molecular weight is 265 g/mol. The van der Waals surface area contributed by atoms with Gasteiger partial charge in [0.25, 0.3) is 0 Å². The topological polar surface area (TPSA) is 64.9 Å². The maximum Gasteiger partial charge on any atom is 0.146 e. The number of ether oxygens (including phenoxy) is 1. The molecular formula is C12H16FN5O. The summed E-state index contributed by atoms with van der Waals surface area (Å²) in [5.74, 6) is -0.314. The number of tetrazole rings is 1. The molecule has 0 aliphatic heterocycles. The molecule has 1 aromatic heterocycles. The number of methoxy groups -OCH3 is 1. The van der Waals surface area contributed by atoms with Crippen molar-refractivity contribution in [3.63, 3.8) is 0 Å². The average Bonchev–Trinajstić information content (AvgIpc) is 2.94. The van der Waals surface area contributed by atoms with Crippen LogP contribution in [0.15, 0.2) is 24.5 Å². The van der Waals surface area contributed by atoms with Crippen LogP contribution < -0.4 is 5.32 Å². The Morgan fingerprint density at radius 2 is 2.32 bits per heavy atom. The zero-order valence-electron chi connectivity index (χ0n) is 10.9. The summed E-state index contributed by atoms with van der Waals surface area (Å²) in [5, 5.41) is 14.0. The standard InChI is InChI=1S/C12H16FN5O/c1-3-9(7-19-2)15-12-6-10(4-5-11(12)13)18-8-14-16-17-18/h4-6,8-9,15H,3,7H2,1-2H3. The zero-order valence-corrected chi connectivity index (χ0v) is 10.9. The lowest BCUT2D eigenvalue weighted by Gasteiger charge is -2.18. The summed E-state index contributed by atoms with van der Waals surface area (Å²) in [5.41, 5.74) is 1.11. The molecule has 0 amide bonds. The second-order valence-electron chi connectivity index (χ2n) is 4.12. The van der Waals surface area contributed by atoms with Crippen molar-refractivity contribution in [2.24, 2.45) is 0 Å². The van der Waals surface area contributed by atoms with Crippen LogP contribution in [0.2, 0.25) is 0 Å². The molecule has 0 bridgehead atoms. The minimum Gasteiger partial charge on any atom is -0.383 e. The third kappa shape index (κ3) is 3.25. The first kappa shape index (κ1) is 13.4. The quantitative estimate of drug-likeness (QED) is 0.860. The van der Waals surface area contributed by atoms with Gasteiger partial charge in [-0.05, 0) is 35.0 Å². The minimum atomic E-state index is -0.314. The van der Waals surface area contributed by atoms with E-state index in [2.05, 4.69) is 20.8 Å². The number of anilines is 1. The van der Waals surface area contributed by atoms with Gasteiger partial charge in [0.05, 0.1) is 18.0 Å². The molecule has 1 unspecified atom stereocenters. The Morgan fingerprint density at radius 1 is 1.47 bits per heavy atom. The number of hydrogen-bond donors (Lipinski definition) is 1. The monoisotopic (exact) mass is 265 g/mol. The van der Waals surface area contributed by atoms with Gasteiger partial charge in [0.2, 0.25) is 0 Å². The summed E-state index contributed by atoms with van der Waals surface area (Å²) in [4.78, 5) is 0. The highest BCUT2D eigenvalue weighted by Gasteiger charge is 2.10. The van der Waals surface area contributed by atoms with Gasteiger partial charge in [-0.15, -0.1) is 5.10 Å². The van der Waals surface area contributed by atoms with Crippen molar-refractivity contribution in [1.82, 2.24) is 20.2 Å². The molecule has 0 saturated heterocycles. The first-order valence-electron chi connectivity index (χ1n) is 6.03. The second-order valence-corrected chi connectivity index (χ2v) is 4.12. The van der Waals surface area contributed by atoms with E-state index in [9.17, 15) is 4.39 Å². The molecule has 1 N–H and O–H groups in total. The highest BCUT2D eigenvalue weighted by Crippen LogP contribution is 2.19. The molecule has 0 spiro atoms. The van der Waals surface area contributed by atoms with Crippen LogP contribution in [0.25, 0.3) is 5.69 Å². The molecule has 0 radical (unpaired) electrons. The van der Waals surface area contributed by atoms with E-state index in [0.29, 0.717) is 18.0 Å². The Balaban J connectivity index is 2.22. The van der Waals surface area contributed by atoms with Crippen molar-refractivity contribution < 1.29 is 9.13 Å². The number of halogens is 1. The molecule has 0 saturated carbocycles. The Morgan fingerprint density at radius 3 is 2.95 bits per heavy atom. The highest BCUT2D eigenvalue weighted by atomic mass is 19.1. The maximum atomic E-state index is 13.8. The summed E-state index contributed by atoms with van der Waals surface area (Å²) in [6.45, 7) is 2.53. The fourth-order valence-corrected chi connectivity index (χ4v) is 1.73. The molecule has 0 aliphatic rings. The van der Waals surface area contributed by atoms with Crippen molar-refractivity contribution in [2.75, 3.05) is 19.0 Å². The summed E-state index contributed by atoms with van der Waals surface area (Å²) in [6.07, 6.45) is 2.30. The van der Waals surface area contributed by atoms with Gasteiger partial charge in [-0.2, -0.15) is 0 Å².